The van der Waals surface area contributed by atoms with Crippen molar-refractivity contribution >= 4 is 23.2 Å². The minimum atomic E-state index is 0.0991. The van der Waals surface area contributed by atoms with Gasteiger partial charge in [-0.1, -0.05) is 42.3 Å². The van der Waals surface area contributed by atoms with E-state index < -0.39 is 0 Å². The number of hydrogen-bond donors (Lipinski definition) is 1. The molecule has 4 heteroatoms. The highest BCUT2D eigenvalue weighted by molar-refractivity contribution is 6.32. The number of aryl methyl sites for hydroxylation is 1. The summed E-state index contributed by atoms with van der Waals surface area (Å²) in [5, 5.41) is 1.21. The summed E-state index contributed by atoms with van der Waals surface area (Å²) < 4.78 is 5.95. The molecular weight excluding hydrogens is 305 g/mol. The fourth-order valence-electron chi connectivity index (χ4n) is 2.03. The fraction of sp³-hybridized carbons (Fsp3) is 0.294. The lowest BCUT2D eigenvalue weighted by molar-refractivity contribution is 0.472. The lowest BCUT2D eigenvalue weighted by Gasteiger charge is -2.15. The lowest BCUT2D eigenvalue weighted by atomic mass is 10.0. The molecule has 0 aromatic heterocycles. The fourth-order valence-corrected chi connectivity index (χ4v) is 2.46. The van der Waals surface area contributed by atoms with Gasteiger partial charge in [0.2, 0.25) is 0 Å². The van der Waals surface area contributed by atoms with Crippen molar-refractivity contribution in [3.8, 4) is 11.5 Å². The van der Waals surface area contributed by atoms with Gasteiger partial charge in [0.25, 0.3) is 0 Å². The molecule has 2 N–H and O–H groups in total. The maximum atomic E-state index is 6.22. The summed E-state index contributed by atoms with van der Waals surface area (Å²) >= 11 is 12.3. The van der Waals surface area contributed by atoms with E-state index in [1.54, 1.807) is 6.07 Å². The standard InChI is InChI=1S/C17H19Cl2NO/c1-3-14(20)9-12-5-6-13(18)10-17(12)21-16-7-4-11(2)8-15(16)19/h4-8,10,14H,3,9,20H2,1-2H3. The molecule has 2 nitrogen and oxygen atoms in total. The highest BCUT2D eigenvalue weighted by Crippen LogP contribution is 2.33. The van der Waals surface area contributed by atoms with Crippen LogP contribution in [0.15, 0.2) is 36.4 Å². The maximum absolute atomic E-state index is 6.22. The molecule has 0 heterocycles. The maximum Gasteiger partial charge on any atom is 0.146 e. The van der Waals surface area contributed by atoms with E-state index in [2.05, 4.69) is 6.92 Å². The summed E-state index contributed by atoms with van der Waals surface area (Å²) in [4.78, 5) is 0. The van der Waals surface area contributed by atoms with Crippen LogP contribution in [0.2, 0.25) is 10.0 Å². The van der Waals surface area contributed by atoms with Crippen LogP contribution in [0.5, 0.6) is 11.5 Å². The normalized spacial score (nSPS) is 12.2. The summed E-state index contributed by atoms with van der Waals surface area (Å²) in [6.07, 6.45) is 1.65. The molecule has 112 valence electrons. The Kier molecular flexibility index (Phi) is 5.51. The van der Waals surface area contributed by atoms with Gasteiger partial charge in [-0.25, -0.2) is 0 Å². The Labute approximate surface area is 135 Å². The number of rotatable bonds is 5. The first-order valence-electron chi connectivity index (χ1n) is 6.97. The van der Waals surface area contributed by atoms with E-state index in [-0.39, 0.29) is 6.04 Å². The van der Waals surface area contributed by atoms with Gasteiger partial charge >= 0.3 is 0 Å². The topological polar surface area (TPSA) is 35.2 Å². The highest BCUT2D eigenvalue weighted by Gasteiger charge is 2.11. The van der Waals surface area contributed by atoms with Crippen LogP contribution in [0.1, 0.15) is 24.5 Å². The Hall–Kier alpha value is -1.22. The average molecular weight is 324 g/mol. The second-order valence-electron chi connectivity index (χ2n) is 5.16. The van der Waals surface area contributed by atoms with Crippen molar-refractivity contribution < 1.29 is 4.74 Å². The van der Waals surface area contributed by atoms with E-state index in [1.165, 1.54) is 0 Å². The molecule has 0 spiro atoms. The summed E-state index contributed by atoms with van der Waals surface area (Å²) in [6, 6.07) is 11.4. The smallest absolute Gasteiger partial charge is 0.146 e. The molecule has 2 aromatic rings. The average Bonchev–Trinajstić information content (AvgIpc) is 2.44. The van der Waals surface area contributed by atoms with Crippen LogP contribution in [0, 0.1) is 6.92 Å². The largest absolute Gasteiger partial charge is 0.455 e. The van der Waals surface area contributed by atoms with Crippen molar-refractivity contribution in [2.24, 2.45) is 5.73 Å². The Morgan fingerprint density at radius 3 is 2.52 bits per heavy atom. The predicted molar refractivity (Wildman–Crippen MR) is 89.7 cm³/mol. The minimum absolute atomic E-state index is 0.0991. The number of benzene rings is 2. The van der Waals surface area contributed by atoms with E-state index >= 15 is 0 Å². The first kappa shape index (κ1) is 16.2. The van der Waals surface area contributed by atoms with Gasteiger partial charge < -0.3 is 10.5 Å². The van der Waals surface area contributed by atoms with Crippen LogP contribution < -0.4 is 10.5 Å². The summed E-state index contributed by atoms with van der Waals surface area (Å²) in [7, 11) is 0. The molecule has 0 aliphatic rings. The van der Waals surface area contributed by atoms with E-state index in [0.717, 1.165) is 24.0 Å². The summed E-state index contributed by atoms with van der Waals surface area (Å²) in [6.45, 7) is 4.05. The molecule has 2 aromatic carbocycles. The third-order valence-corrected chi connectivity index (χ3v) is 3.87. The SMILES string of the molecule is CCC(N)Cc1ccc(Cl)cc1Oc1ccc(C)cc1Cl. The number of nitrogens with two attached hydrogens (primary N) is 1. The Bertz CT molecular complexity index is 628. The van der Waals surface area contributed by atoms with E-state index in [0.29, 0.717) is 21.5 Å². The Morgan fingerprint density at radius 2 is 1.86 bits per heavy atom. The summed E-state index contributed by atoms with van der Waals surface area (Å²) in [5.41, 5.74) is 8.16. The second-order valence-corrected chi connectivity index (χ2v) is 6.00. The van der Waals surface area contributed by atoms with Crippen molar-refractivity contribution in [3.05, 3.63) is 57.6 Å². The minimum Gasteiger partial charge on any atom is -0.455 e. The van der Waals surface area contributed by atoms with E-state index in [1.807, 2.05) is 37.3 Å². The van der Waals surface area contributed by atoms with Crippen molar-refractivity contribution in [2.75, 3.05) is 0 Å². The zero-order valence-corrected chi connectivity index (χ0v) is 13.7. The predicted octanol–water partition coefficient (Wildman–Crippen LogP) is 5.37. The number of hydrogen-bond acceptors (Lipinski definition) is 2. The molecule has 0 bridgehead atoms. The molecule has 1 atom stereocenters. The van der Waals surface area contributed by atoms with Crippen LogP contribution in [0.4, 0.5) is 0 Å². The van der Waals surface area contributed by atoms with Gasteiger partial charge in [0, 0.05) is 11.1 Å². The molecule has 21 heavy (non-hydrogen) atoms. The van der Waals surface area contributed by atoms with Crippen LogP contribution in [0.25, 0.3) is 0 Å². The van der Waals surface area contributed by atoms with Gasteiger partial charge in [-0.15, -0.1) is 0 Å². The number of ether oxygens (including phenoxy) is 1. The zero-order valence-electron chi connectivity index (χ0n) is 12.2. The van der Waals surface area contributed by atoms with Crippen LogP contribution in [0.3, 0.4) is 0 Å². The third-order valence-electron chi connectivity index (χ3n) is 3.34. The van der Waals surface area contributed by atoms with Crippen molar-refractivity contribution in [1.29, 1.82) is 0 Å². The molecule has 0 saturated carbocycles. The molecule has 0 aliphatic carbocycles. The van der Waals surface area contributed by atoms with Gasteiger partial charge in [0.1, 0.15) is 11.5 Å². The first-order valence-corrected chi connectivity index (χ1v) is 7.73. The first-order chi connectivity index (χ1) is 9.99. The third kappa shape index (κ3) is 4.37. The van der Waals surface area contributed by atoms with Crippen molar-refractivity contribution in [2.45, 2.75) is 32.7 Å². The Morgan fingerprint density at radius 1 is 1.10 bits per heavy atom. The van der Waals surface area contributed by atoms with E-state index in [4.69, 9.17) is 33.7 Å². The molecule has 2 rings (SSSR count). The molecule has 0 saturated heterocycles. The monoisotopic (exact) mass is 323 g/mol. The van der Waals surface area contributed by atoms with Gasteiger partial charge in [0.05, 0.1) is 5.02 Å². The quantitative estimate of drug-likeness (QED) is 0.802. The Balaban J connectivity index is 2.31. The lowest BCUT2D eigenvalue weighted by Crippen LogP contribution is -2.21. The van der Waals surface area contributed by atoms with Crippen LogP contribution >= 0.6 is 23.2 Å². The molecule has 0 radical (unpaired) electrons. The summed E-state index contributed by atoms with van der Waals surface area (Å²) in [5.74, 6) is 1.33. The second kappa shape index (κ2) is 7.17. The zero-order chi connectivity index (χ0) is 15.4. The molecule has 0 fully saturated rings. The van der Waals surface area contributed by atoms with Gasteiger partial charge in [-0.05, 0) is 55.2 Å². The van der Waals surface area contributed by atoms with Gasteiger partial charge in [-0.3, -0.25) is 0 Å². The van der Waals surface area contributed by atoms with Crippen LogP contribution in [-0.2, 0) is 6.42 Å². The molecule has 0 aliphatic heterocycles. The molecule has 0 amide bonds. The van der Waals surface area contributed by atoms with E-state index in [9.17, 15) is 0 Å². The van der Waals surface area contributed by atoms with Crippen molar-refractivity contribution in [3.63, 3.8) is 0 Å². The van der Waals surface area contributed by atoms with Gasteiger partial charge in [0.15, 0.2) is 0 Å². The number of halogens is 2. The molecule has 1 unspecified atom stereocenters. The van der Waals surface area contributed by atoms with Crippen molar-refractivity contribution in [1.82, 2.24) is 0 Å². The highest BCUT2D eigenvalue weighted by atomic mass is 35.5. The van der Waals surface area contributed by atoms with Gasteiger partial charge in [-0.2, -0.15) is 0 Å². The van der Waals surface area contributed by atoms with Crippen LogP contribution in [-0.4, -0.2) is 6.04 Å². The molecular formula is C17H19Cl2NO.